The molecule has 1 saturated heterocycles. The van der Waals surface area contributed by atoms with Crippen LogP contribution < -0.4 is 16.8 Å². The molecule has 0 radical (unpaired) electrons. The molecule has 1 aliphatic heterocycles. The number of carboxylic acids is 1. The van der Waals surface area contributed by atoms with Gasteiger partial charge in [0.2, 0.25) is 11.8 Å². The van der Waals surface area contributed by atoms with Gasteiger partial charge in [-0.3, -0.25) is 19.4 Å². The van der Waals surface area contributed by atoms with Gasteiger partial charge in [-0.25, -0.2) is 0 Å². The molecule has 22 heavy (non-hydrogen) atoms. The number of nitrogens with two attached hydrogens (primary N) is 2. The minimum atomic E-state index is -0.973. The van der Waals surface area contributed by atoms with Crippen LogP contribution >= 0.6 is 0 Å². The summed E-state index contributed by atoms with van der Waals surface area (Å²) < 4.78 is 0. The van der Waals surface area contributed by atoms with Crippen LogP contribution in [0.25, 0.3) is 0 Å². The van der Waals surface area contributed by atoms with Crippen LogP contribution in [-0.4, -0.2) is 59.4 Å². The Kier molecular flexibility index (Phi) is 7.14. The SMILES string of the molecule is NC(N)=NCCCC(=O)N1CCC[C@@H]1C(=O)NCCC(=O)O. The molecule has 0 aromatic heterocycles. The van der Waals surface area contributed by atoms with Gasteiger partial charge in [0.05, 0.1) is 6.42 Å². The zero-order valence-corrected chi connectivity index (χ0v) is 12.5. The van der Waals surface area contributed by atoms with Gasteiger partial charge in [-0.2, -0.15) is 0 Å². The lowest BCUT2D eigenvalue weighted by molar-refractivity contribution is -0.139. The van der Waals surface area contributed by atoms with Crippen molar-refractivity contribution in [2.24, 2.45) is 16.5 Å². The number of carbonyl (C=O) groups excluding carboxylic acids is 2. The quantitative estimate of drug-likeness (QED) is 0.246. The van der Waals surface area contributed by atoms with E-state index in [1.165, 1.54) is 0 Å². The molecular weight excluding hydrogens is 290 g/mol. The second-order valence-corrected chi connectivity index (χ2v) is 5.09. The van der Waals surface area contributed by atoms with E-state index in [4.69, 9.17) is 16.6 Å². The minimum absolute atomic E-state index is 0.00990. The maximum Gasteiger partial charge on any atom is 0.305 e. The Morgan fingerprint density at radius 2 is 2.00 bits per heavy atom. The molecule has 1 atom stereocenters. The molecule has 0 bridgehead atoms. The molecule has 6 N–H and O–H groups in total. The van der Waals surface area contributed by atoms with Crippen LogP contribution in [0.1, 0.15) is 32.1 Å². The van der Waals surface area contributed by atoms with Gasteiger partial charge >= 0.3 is 5.97 Å². The van der Waals surface area contributed by atoms with Crippen molar-refractivity contribution >= 4 is 23.7 Å². The third-order valence-corrected chi connectivity index (χ3v) is 3.36. The lowest BCUT2D eigenvalue weighted by atomic mass is 10.2. The van der Waals surface area contributed by atoms with Crippen LogP contribution in [0.3, 0.4) is 0 Å². The van der Waals surface area contributed by atoms with Crippen molar-refractivity contribution in [3.8, 4) is 0 Å². The number of aliphatic imine (C=N–C) groups is 1. The number of guanidine groups is 1. The first-order chi connectivity index (χ1) is 10.4. The van der Waals surface area contributed by atoms with Gasteiger partial charge in [0.15, 0.2) is 5.96 Å². The summed E-state index contributed by atoms with van der Waals surface area (Å²) in [6.45, 7) is 0.979. The van der Waals surface area contributed by atoms with E-state index >= 15 is 0 Å². The Morgan fingerprint density at radius 3 is 2.64 bits per heavy atom. The average Bonchev–Trinajstić information content (AvgIpc) is 2.92. The van der Waals surface area contributed by atoms with Crippen molar-refractivity contribution in [3.05, 3.63) is 0 Å². The van der Waals surface area contributed by atoms with E-state index in [1.807, 2.05) is 0 Å². The summed E-state index contributed by atoms with van der Waals surface area (Å²) in [5.41, 5.74) is 10.4. The molecule has 0 aliphatic carbocycles. The molecule has 0 spiro atoms. The van der Waals surface area contributed by atoms with Crippen molar-refractivity contribution in [1.29, 1.82) is 0 Å². The molecule has 9 heteroatoms. The summed E-state index contributed by atoms with van der Waals surface area (Å²) in [5, 5.41) is 11.1. The van der Waals surface area contributed by atoms with Crippen LogP contribution in [-0.2, 0) is 14.4 Å². The second-order valence-electron chi connectivity index (χ2n) is 5.09. The van der Waals surface area contributed by atoms with Crippen LogP contribution in [0, 0.1) is 0 Å². The highest BCUT2D eigenvalue weighted by Crippen LogP contribution is 2.19. The standard InChI is InChI=1S/C13H23N5O4/c14-13(15)17-6-1-4-10(19)18-8-2-3-9(18)12(22)16-7-5-11(20)21/h9H,1-8H2,(H,16,22)(H,20,21)(H4,14,15,17)/t9-/m1/s1. The fraction of sp³-hybridized carbons (Fsp3) is 0.692. The fourth-order valence-electron chi connectivity index (χ4n) is 2.33. The largest absolute Gasteiger partial charge is 0.481 e. The van der Waals surface area contributed by atoms with Crippen LogP contribution in [0.5, 0.6) is 0 Å². The van der Waals surface area contributed by atoms with Gasteiger partial charge in [-0.15, -0.1) is 0 Å². The van der Waals surface area contributed by atoms with Gasteiger partial charge in [-0.1, -0.05) is 0 Å². The number of carbonyl (C=O) groups is 3. The summed E-state index contributed by atoms with van der Waals surface area (Å²) in [4.78, 5) is 39.9. The third kappa shape index (κ3) is 5.98. The number of nitrogens with zero attached hydrogens (tertiary/aromatic N) is 2. The van der Waals surface area contributed by atoms with E-state index in [2.05, 4.69) is 10.3 Å². The number of hydrogen-bond donors (Lipinski definition) is 4. The van der Waals surface area contributed by atoms with Gasteiger partial charge in [0.1, 0.15) is 6.04 Å². The van der Waals surface area contributed by atoms with E-state index in [0.717, 1.165) is 6.42 Å². The molecule has 1 rings (SSSR count). The van der Waals surface area contributed by atoms with Crippen LogP contribution in [0.4, 0.5) is 0 Å². The topological polar surface area (TPSA) is 151 Å². The maximum absolute atomic E-state index is 12.1. The van der Waals surface area contributed by atoms with Gasteiger partial charge in [0.25, 0.3) is 0 Å². The Morgan fingerprint density at radius 1 is 1.27 bits per heavy atom. The zero-order valence-electron chi connectivity index (χ0n) is 12.5. The summed E-state index contributed by atoms with van der Waals surface area (Å²) in [6, 6.07) is -0.510. The molecule has 1 heterocycles. The highest BCUT2D eigenvalue weighted by molar-refractivity contribution is 5.88. The predicted octanol–water partition coefficient (Wildman–Crippen LogP) is -1.38. The molecule has 0 aromatic carbocycles. The molecule has 0 unspecified atom stereocenters. The van der Waals surface area contributed by atoms with E-state index in [-0.39, 0.29) is 37.2 Å². The summed E-state index contributed by atoms with van der Waals surface area (Å²) in [5.74, 6) is -1.39. The van der Waals surface area contributed by atoms with Crippen molar-refractivity contribution in [2.75, 3.05) is 19.6 Å². The summed E-state index contributed by atoms with van der Waals surface area (Å²) in [7, 11) is 0. The van der Waals surface area contributed by atoms with Gasteiger partial charge in [-0.05, 0) is 19.3 Å². The first-order valence-electron chi connectivity index (χ1n) is 7.26. The molecule has 124 valence electrons. The molecule has 0 aromatic rings. The smallest absolute Gasteiger partial charge is 0.305 e. The lowest BCUT2D eigenvalue weighted by Gasteiger charge is -2.23. The van der Waals surface area contributed by atoms with Gasteiger partial charge < -0.3 is 26.8 Å². The second kappa shape index (κ2) is 8.85. The zero-order chi connectivity index (χ0) is 16.5. The van der Waals surface area contributed by atoms with E-state index in [9.17, 15) is 14.4 Å². The van der Waals surface area contributed by atoms with Crippen molar-refractivity contribution < 1.29 is 19.5 Å². The highest BCUT2D eigenvalue weighted by atomic mass is 16.4. The number of likely N-dealkylation sites (tertiary alicyclic amines) is 1. The molecule has 9 nitrogen and oxygen atoms in total. The molecule has 0 saturated carbocycles. The first-order valence-corrected chi connectivity index (χ1v) is 7.26. The Labute approximate surface area is 128 Å². The van der Waals surface area contributed by atoms with Crippen LogP contribution in [0.2, 0.25) is 0 Å². The van der Waals surface area contributed by atoms with E-state index < -0.39 is 12.0 Å². The molecule has 1 fully saturated rings. The Balaban J connectivity index is 2.40. The summed E-state index contributed by atoms with van der Waals surface area (Å²) in [6.07, 6.45) is 2.01. The molecular formula is C13H23N5O4. The maximum atomic E-state index is 12.1. The van der Waals surface area contributed by atoms with Crippen molar-refractivity contribution in [1.82, 2.24) is 10.2 Å². The average molecular weight is 313 g/mol. The van der Waals surface area contributed by atoms with Gasteiger partial charge in [0, 0.05) is 26.1 Å². The predicted molar refractivity (Wildman–Crippen MR) is 79.9 cm³/mol. The number of amides is 2. The summed E-state index contributed by atoms with van der Waals surface area (Å²) >= 11 is 0. The normalized spacial score (nSPS) is 17.1. The molecule has 1 aliphatic rings. The van der Waals surface area contributed by atoms with E-state index in [0.29, 0.717) is 25.9 Å². The van der Waals surface area contributed by atoms with Crippen LogP contribution in [0.15, 0.2) is 4.99 Å². The van der Waals surface area contributed by atoms with Crippen molar-refractivity contribution in [3.63, 3.8) is 0 Å². The number of hydrogen-bond acceptors (Lipinski definition) is 4. The number of rotatable bonds is 8. The van der Waals surface area contributed by atoms with Crippen molar-refractivity contribution in [2.45, 2.75) is 38.1 Å². The number of nitrogens with one attached hydrogen (secondary N) is 1. The number of aliphatic carboxylic acids is 1. The molecule has 2 amide bonds. The lowest BCUT2D eigenvalue weighted by Crippen LogP contribution is -2.46. The highest BCUT2D eigenvalue weighted by Gasteiger charge is 2.33. The van der Waals surface area contributed by atoms with E-state index in [1.54, 1.807) is 4.90 Å². The first kappa shape index (κ1) is 17.7. The third-order valence-electron chi connectivity index (χ3n) is 3.36. The number of carboxylic acid groups (broad SMARTS) is 1. The Bertz CT molecular complexity index is 448. The minimum Gasteiger partial charge on any atom is -0.481 e. The Hall–Kier alpha value is -2.32. The fourth-order valence-corrected chi connectivity index (χ4v) is 2.33. The monoisotopic (exact) mass is 313 g/mol.